The van der Waals surface area contributed by atoms with Crippen molar-refractivity contribution in [3.63, 3.8) is 0 Å². The molecule has 256 valence electrons. The number of ether oxygens (including phenoxy) is 5. The minimum Gasteiger partial charge on any atom is -0.465 e. The number of esters is 1. The van der Waals surface area contributed by atoms with E-state index < -0.39 is 29.6 Å². The van der Waals surface area contributed by atoms with Gasteiger partial charge in [0.25, 0.3) is 11.1 Å². The topological polar surface area (TPSA) is 205 Å². The highest BCUT2D eigenvalue weighted by atomic mass is 17.0. The monoisotopic (exact) mass is 675 g/mol. The lowest BCUT2D eigenvalue weighted by Crippen LogP contribution is -2.24. The molecule has 0 bridgehead atoms. The number of H-pyrrole nitrogens is 1. The van der Waals surface area contributed by atoms with E-state index in [0.29, 0.717) is 36.0 Å². The number of hydrogen-bond donors (Lipinski definition) is 1. The number of aromatic nitrogens is 6. The molecule has 2 heterocycles. The van der Waals surface area contributed by atoms with E-state index in [4.69, 9.17) is 23.7 Å². The van der Waals surface area contributed by atoms with Crippen molar-refractivity contribution in [1.82, 2.24) is 30.2 Å². The third-order valence-electron chi connectivity index (χ3n) is 6.95. The Balaban J connectivity index is 1.26. The number of hydrogen-bond acceptors (Lipinski definition) is 14. The maximum absolute atomic E-state index is 13.4. The highest BCUT2D eigenvalue weighted by Gasteiger charge is 2.23. The summed E-state index contributed by atoms with van der Waals surface area (Å²) in [5.74, 6) is -0.270. The summed E-state index contributed by atoms with van der Waals surface area (Å²) in [5.41, 5.74) is 4.80. The van der Waals surface area contributed by atoms with Crippen molar-refractivity contribution in [2.45, 2.75) is 39.7 Å². The summed E-state index contributed by atoms with van der Waals surface area (Å²) >= 11 is 0. The number of carbonyl (C=O) groups is 2. The van der Waals surface area contributed by atoms with Gasteiger partial charge in [-0.25, -0.2) is 9.59 Å². The Bertz CT molecular complexity index is 1880. The van der Waals surface area contributed by atoms with Gasteiger partial charge < -0.3 is 28.5 Å². The molecule has 2 atom stereocenters. The van der Waals surface area contributed by atoms with E-state index in [1.807, 2.05) is 55.5 Å². The SMILES string of the molecule is CCOc1nc2cccc(C(=O)OC(C)OC(=O)OCCOC[C@@H](C)O[N+](=O)[O-])c2n1Cc1ccc(-c2ccccc2-c2nn[nH]n2)cc1. The quantitative estimate of drug-likeness (QED) is 0.0499. The number of aromatic amines is 1. The number of fused-ring (bicyclic) bond motifs is 1. The molecule has 0 fully saturated rings. The van der Waals surface area contributed by atoms with Crippen LogP contribution in [0.5, 0.6) is 6.01 Å². The average Bonchev–Trinajstić information content (AvgIpc) is 3.73. The zero-order chi connectivity index (χ0) is 34.8. The maximum atomic E-state index is 13.4. The van der Waals surface area contributed by atoms with Gasteiger partial charge in [0.05, 0.1) is 43.0 Å². The molecule has 5 aromatic rings. The van der Waals surface area contributed by atoms with Crippen LogP contribution in [0.2, 0.25) is 0 Å². The Morgan fingerprint density at radius 3 is 2.47 bits per heavy atom. The number of tetrazole rings is 1. The largest absolute Gasteiger partial charge is 0.511 e. The molecule has 0 aliphatic heterocycles. The molecule has 2 aromatic heterocycles. The summed E-state index contributed by atoms with van der Waals surface area (Å²) in [5, 5.41) is 23.8. The van der Waals surface area contributed by atoms with Gasteiger partial charge in [-0.2, -0.15) is 10.2 Å². The first-order valence-corrected chi connectivity index (χ1v) is 15.2. The molecule has 0 saturated carbocycles. The molecular formula is C32H33N7O10. The van der Waals surface area contributed by atoms with E-state index in [1.54, 1.807) is 22.8 Å². The van der Waals surface area contributed by atoms with Crippen molar-refractivity contribution in [1.29, 1.82) is 0 Å². The van der Waals surface area contributed by atoms with Crippen LogP contribution in [0.3, 0.4) is 0 Å². The zero-order valence-electron chi connectivity index (χ0n) is 26.8. The summed E-state index contributed by atoms with van der Waals surface area (Å²) < 4.78 is 28.2. The third kappa shape index (κ3) is 8.83. The Hall–Kier alpha value is -6.10. The molecule has 0 amide bonds. The van der Waals surface area contributed by atoms with Gasteiger partial charge in [0.2, 0.25) is 12.1 Å². The molecule has 3 aromatic carbocycles. The van der Waals surface area contributed by atoms with Crippen LogP contribution in [-0.4, -0.2) is 86.2 Å². The fourth-order valence-corrected chi connectivity index (χ4v) is 4.91. The molecule has 17 nitrogen and oxygen atoms in total. The lowest BCUT2D eigenvalue weighted by molar-refractivity contribution is -0.768. The van der Waals surface area contributed by atoms with Gasteiger partial charge in [-0.1, -0.05) is 54.6 Å². The van der Waals surface area contributed by atoms with E-state index in [-0.39, 0.29) is 25.4 Å². The van der Waals surface area contributed by atoms with Crippen LogP contribution >= 0.6 is 0 Å². The normalized spacial score (nSPS) is 12.2. The first-order valence-electron chi connectivity index (χ1n) is 15.2. The van der Waals surface area contributed by atoms with Crippen LogP contribution < -0.4 is 4.74 Å². The Morgan fingerprint density at radius 2 is 1.76 bits per heavy atom. The molecule has 49 heavy (non-hydrogen) atoms. The molecule has 0 radical (unpaired) electrons. The van der Waals surface area contributed by atoms with Crippen molar-refractivity contribution in [2.75, 3.05) is 26.4 Å². The molecule has 1 unspecified atom stereocenters. The summed E-state index contributed by atoms with van der Waals surface area (Å²) in [7, 11) is 0. The molecule has 1 N–H and O–H groups in total. The van der Waals surface area contributed by atoms with E-state index >= 15 is 0 Å². The van der Waals surface area contributed by atoms with Crippen LogP contribution in [0.25, 0.3) is 33.5 Å². The lowest BCUT2D eigenvalue weighted by atomic mass is 9.98. The number of carbonyl (C=O) groups excluding carboxylic acids is 2. The van der Waals surface area contributed by atoms with E-state index in [2.05, 4.69) is 30.4 Å². The summed E-state index contributed by atoms with van der Waals surface area (Å²) in [6.07, 6.45) is -3.18. The van der Waals surface area contributed by atoms with Gasteiger partial charge in [0.1, 0.15) is 12.7 Å². The van der Waals surface area contributed by atoms with E-state index in [1.165, 1.54) is 13.8 Å². The molecule has 0 aliphatic carbocycles. The molecule has 17 heteroatoms. The molecule has 0 saturated heterocycles. The predicted octanol–water partition coefficient (Wildman–Crippen LogP) is 4.60. The number of para-hydroxylation sites is 1. The third-order valence-corrected chi connectivity index (χ3v) is 6.95. The van der Waals surface area contributed by atoms with E-state index in [9.17, 15) is 19.7 Å². The van der Waals surface area contributed by atoms with Crippen molar-refractivity contribution in [2.24, 2.45) is 0 Å². The second-order valence-corrected chi connectivity index (χ2v) is 10.5. The highest BCUT2D eigenvalue weighted by molar-refractivity contribution is 6.02. The van der Waals surface area contributed by atoms with Crippen LogP contribution in [0.1, 0.15) is 36.7 Å². The fourth-order valence-electron chi connectivity index (χ4n) is 4.91. The van der Waals surface area contributed by atoms with Gasteiger partial charge in [-0.3, -0.25) is 4.57 Å². The lowest BCUT2D eigenvalue weighted by Gasteiger charge is -2.16. The number of nitrogens with zero attached hydrogens (tertiary/aromatic N) is 6. The summed E-state index contributed by atoms with van der Waals surface area (Å²) in [4.78, 5) is 44.7. The van der Waals surface area contributed by atoms with Gasteiger partial charge in [-0.15, -0.1) is 20.3 Å². The van der Waals surface area contributed by atoms with Crippen molar-refractivity contribution in [3.8, 4) is 28.5 Å². The minimum atomic E-state index is -1.30. The molecule has 0 aliphatic rings. The van der Waals surface area contributed by atoms with Gasteiger partial charge in [-0.05, 0) is 47.9 Å². The first kappa shape index (κ1) is 34.2. The van der Waals surface area contributed by atoms with Crippen molar-refractivity contribution < 1.29 is 43.2 Å². The predicted molar refractivity (Wildman–Crippen MR) is 171 cm³/mol. The fraction of sp³-hybridized carbons (Fsp3) is 0.312. The second-order valence-electron chi connectivity index (χ2n) is 10.5. The number of rotatable bonds is 16. The van der Waals surface area contributed by atoms with Gasteiger partial charge in [0, 0.05) is 12.5 Å². The number of nitrogens with one attached hydrogen (secondary N) is 1. The number of imidazole rings is 1. The molecular weight excluding hydrogens is 642 g/mol. The van der Waals surface area contributed by atoms with Crippen molar-refractivity contribution >= 4 is 23.2 Å². The Morgan fingerprint density at radius 1 is 0.980 bits per heavy atom. The molecule has 5 rings (SSSR count). The van der Waals surface area contributed by atoms with Crippen LogP contribution in [0.15, 0.2) is 66.7 Å². The average molecular weight is 676 g/mol. The van der Waals surface area contributed by atoms with Crippen molar-refractivity contribution in [3.05, 3.63) is 88.0 Å². The summed E-state index contributed by atoms with van der Waals surface area (Å²) in [6, 6.07) is 21.0. The van der Waals surface area contributed by atoms with Gasteiger partial charge >= 0.3 is 12.1 Å². The van der Waals surface area contributed by atoms with Crippen LogP contribution in [-0.2, 0) is 30.3 Å². The summed E-state index contributed by atoms with van der Waals surface area (Å²) in [6.45, 7) is 4.99. The highest BCUT2D eigenvalue weighted by Crippen LogP contribution is 2.31. The number of benzene rings is 3. The van der Waals surface area contributed by atoms with E-state index in [0.717, 1.165) is 22.3 Å². The smallest absolute Gasteiger partial charge is 0.465 e. The molecule has 0 spiro atoms. The Kier molecular flexibility index (Phi) is 11.3. The second kappa shape index (κ2) is 16.1. The van der Waals surface area contributed by atoms with Crippen LogP contribution in [0, 0.1) is 10.1 Å². The van der Waals surface area contributed by atoms with Gasteiger partial charge in [0.15, 0.2) is 0 Å². The first-order chi connectivity index (χ1) is 23.7. The Labute approximate surface area is 279 Å². The minimum absolute atomic E-state index is 0.0564. The zero-order valence-corrected chi connectivity index (χ0v) is 26.8. The van der Waals surface area contributed by atoms with Crippen LogP contribution in [0.4, 0.5) is 4.79 Å². The standard InChI is InChI=1S/C32H33N7O10/c1-4-45-31-33-27-11-7-10-26(30(40)47-21(3)48-32(41)46-17-16-44-19-20(2)49-39(42)43)28(27)38(31)18-22-12-14-23(15-13-22)24-8-5-6-9-25(24)29-34-36-37-35-29/h5-15,20-21H,4,16-19H2,1-3H3,(H,34,35,36,37)/t20-,21?/m1/s1. The maximum Gasteiger partial charge on any atom is 0.511 e.